The summed E-state index contributed by atoms with van der Waals surface area (Å²) < 4.78 is 5.52. The molecule has 5 heteroatoms. The van der Waals surface area contributed by atoms with E-state index < -0.39 is 6.10 Å². The van der Waals surface area contributed by atoms with E-state index in [0.29, 0.717) is 38.2 Å². The average Bonchev–Trinajstić information content (AvgIpc) is 2.72. The maximum Gasteiger partial charge on any atom is 0.154 e. The van der Waals surface area contributed by atoms with E-state index in [1.807, 2.05) is 6.92 Å². The first-order chi connectivity index (χ1) is 8.04. The van der Waals surface area contributed by atoms with Crippen LogP contribution in [0.2, 0.25) is 15.1 Å². The minimum atomic E-state index is -0.640. The lowest BCUT2D eigenvalue weighted by atomic mass is 10.1. The molecule has 92 valence electrons. The highest BCUT2D eigenvalue weighted by Crippen LogP contribution is 2.39. The van der Waals surface area contributed by atoms with Gasteiger partial charge < -0.3 is 9.52 Å². The molecule has 0 amide bonds. The van der Waals surface area contributed by atoms with Crippen molar-refractivity contribution in [3.8, 4) is 0 Å². The summed E-state index contributed by atoms with van der Waals surface area (Å²) in [7, 11) is 0. The molecular weight excluding hydrogens is 282 g/mol. The zero-order chi connectivity index (χ0) is 12.6. The van der Waals surface area contributed by atoms with E-state index in [9.17, 15) is 5.11 Å². The number of rotatable bonds is 3. The van der Waals surface area contributed by atoms with Crippen LogP contribution < -0.4 is 0 Å². The molecule has 0 fully saturated rings. The van der Waals surface area contributed by atoms with Crippen LogP contribution in [0.15, 0.2) is 16.5 Å². The molecule has 2 rings (SSSR count). The van der Waals surface area contributed by atoms with E-state index in [1.54, 1.807) is 6.07 Å². The summed E-state index contributed by atoms with van der Waals surface area (Å²) in [5, 5.41) is 11.7. The molecule has 1 aromatic carbocycles. The van der Waals surface area contributed by atoms with Crippen molar-refractivity contribution in [2.24, 2.45) is 0 Å². The molecule has 1 unspecified atom stereocenters. The van der Waals surface area contributed by atoms with Crippen molar-refractivity contribution in [3.63, 3.8) is 0 Å². The number of hydrogen-bond acceptors (Lipinski definition) is 2. The first kappa shape index (κ1) is 13.0. The topological polar surface area (TPSA) is 33.4 Å². The Morgan fingerprint density at radius 2 is 1.94 bits per heavy atom. The van der Waals surface area contributed by atoms with Gasteiger partial charge in [0.25, 0.3) is 0 Å². The number of aliphatic hydroxyl groups is 1. The van der Waals surface area contributed by atoms with Gasteiger partial charge in [-0.3, -0.25) is 0 Å². The molecular formula is C12H11Cl3O2. The third kappa shape index (κ3) is 2.41. The fraction of sp³-hybridized carbons (Fsp3) is 0.333. The Labute approximate surface area is 114 Å². The Morgan fingerprint density at radius 3 is 2.59 bits per heavy atom. The Balaban J connectivity index is 2.57. The van der Waals surface area contributed by atoms with Crippen LogP contribution in [0.1, 0.15) is 31.6 Å². The molecule has 0 saturated carbocycles. The standard InChI is InChI=1S/C12H11Cl3O2/c1-2-3-9(16)10-4-6-11(15)7(13)5-8(14)12(6)17-10/h4-5,9,16H,2-3H2,1H3. The highest BCUT2D eigenvalue weighted by Gasteiger charge is 2.17. The lowest BCUT2D eigenvalue weighted by Crippen LogP contribution is -1.93. The molecule has 2 nitrogen and oxygen atoms in total. The van der Waals surface area contributed by atoms with Crippen LogP contribution in [0.25, 0.3) is 11.0 Å². The number of hydrogen-bond donors (Lipinski definition) is 1. The molecule has 0 bridgehead atoms. The lowest BCUT2D eigenvalue weighted by Gasteiger charge is -2.03. The van der Waals surface area contributed by atoms with Gasteiger partial charge in [0, 0.05) is 5.39 Å². The minimum absolute atomic E-state index is 0.376. The van der Waals surface area contributed by atoms with Crippen LogP contribution in [0.5, 0.6) is 0 Å². The van der Waals surface area contributed by atoms with E-state index in [4.69, 9.17) is 39.2 Å². The van der Waals surface area contributed by atoms with E-state index in [2.05, 4.69) is 0 Å². The monoisotopic (exact) mass is 292 g/mol. The largest absolute Gasteiger partial charge is 0.457 e. The van der Waals surface area contributed by atoms with Gasteiger partial charge in [0.1, 0.15) is 11.9 Å². The summed E-state index contributed by atoms with van der Waals surface area (Å²) in [4.78, 5) is 0. The third-order valence-corrected chi connectivity index (χ3v) is 3.64. The highest BCUT2D eigenvalue weighted by atomic mass is 35.5. The molecule has 1 aromatic heterocycles. The van der Waals surface area contributed by atoms with Gasteiger partial charge >= 0.3 is 0 Å². The Bertz CT molecular complexity index is 548. The Kier molecular flexibility index (Phi) is 3.88. The van der Waals surface area contributed by atoms with Crippen LogP contribution in [-0.2, 0) is 0 Å². The first-order valence-electron chi connectivity index (χ1n) is 5.29. The number of benzene rings is 1. The summed E-state index contributed by atoms with van der Waals surface area (Å²) in [6.07, 6.45) is 0.849. The molecule has 0 radical (unpaired) electrons. The van der Waals surface area contributed by atoms with Gasteiger partial charge in [-0.25, -0.2) is 0 Å². The molecule has 0 aliphatic heterocycles. The second-order valence-corrected chi connectivity index (χ2v) is 5.04. The average molecular weight is 294 g/mol. The number of fused-ring (bicyclic) bond motifs is 1. The van der Waals surface area contributed by atoms with Crippen molar-refractivity contribution < 1.29 is 9.52 Å². The summed E-state index contributed by atoms with van der Waals surface area (Å²) in [6, 6.07) is 3.23. The number of halogens is 3. The van der Waals surface area contributed by atoms with E-state index in [-0.39, 0.29) is 0 Å². The fourth-order valence-corrected chi connectivity index (χ4v) is 2.41. The van der Waals surface area contributed by atoms with Crippen molar-refractivity contribution in [2.75, 3.05) is 0 Å². The predicted octanol–water partition coefficient (Wildman–Crippen LogP) is 5.23. The lowest BCUT2D eigenvalue weighted by molar-refractivity contribution is 0.141. The smallest absolute Gasteiger partial charge is 0.154 e. The molecule has 0 aliphatic carbocycles. The quantitative estimate of drug-likeness (QED) is 0.786. The maximum atomic E-state index is 9.86. The molecule has 0 aliphatic rings. The van der Waals surface area contributed by atoms with Gasteiger partial charge in [-0.2, -0.15) is 0 Å². The van der Waals surface area contributed by atoms with Gasteiger partial charge in [-0.15, -0.1) is 0 Å². The molecule has 1 atom stereocenters. The van der Waals surface area contributed by atoms with Gasteiger partial charge in [0.05, 0.1) is 15.1 Å². The van der Waals surface area contributed by atoms with Gasteiger partial charge in [-0.1, -0.05) is 48.1 Å². The SMILES string of the molecule is CCCC(O)c1cc2c(Cl)c(Cl)cc(Cl)c2o1. The van der Waals surface area contributed by atoms with Crippen LogP contribution in [0.4, 0.5) is 0 Å². The molecule has 2 aromatic rings. The van der Waals surface area contributed by atoms with Crippen molar-refractivity contribution in [1.29, 1.82) is 0 Å². The van der Waals surface area contributed by atoms with E-state index >= 15 is 0 Å². The number of furan rings is 1. The minimum Gasteiger partial charge on any atom is -0.457 e. The van der Waals surface area contributed by atoms with E-state index in [1.165, 1.54) is 6.07 Å². The molecule has 0 spiro atoms. The normalized spacial score (nSPS) is 13.2. The van der Waals surface area contributed by atoms with Gasteiger partial charge in [-0.05, 0) is 18.6 Å². The fourth-order valence-electron chi connectivity index (χ4n) is 1.70. The molecule has 17 heavy (non-hydrogen) atoms. The van der Waals surface area contributed by atoms with Crippen molar-refractivity contribution in [2.45, 2.75) is 25.9 Å². The van der Waals surface area contributed by atoms with Crippen LogP contribution in [0, 0.1) is 0 Å². The Hall–Kier alpha value is -0.410. The van der Waals surface area contributed by atoms with Crippen molar-refractivity contribution in [3.05, 3.63) is 33.0 Å². The summed E-state index contributed by atoms with van der Waals surface area (Å²) in [5.41, 5.74) is 0.464. The van der Waals surface area contributed by atoms with Crippen LogP contribution in [-0.4, -0.2) is 5.11 Å². The molecule has 1 heterocycles. The van der Waals surface area contributed by atoms with Crippen molar-refractivity contribution >= 4 is 45.8 Å². The summed E-state index contributed by atoms with van der Waals surface area (Å²) in [6.45, 7) is 1.99. The second kappa shape index (κ2) is 5.07. The summed E-state index contributed by atoms with van der Waals surface area (Å²) in [5.74, 6) is 0.466. The summed E-state index contributed by atoms with van der Waals surface area (Å²) >= 11 is 18.0. The van der Waals surface area contributed by atoms with Crippen molar-refractivity contribution in [1.82, 2.24) is 0 Å². The second-order valence-electron chi connectivity index (χ2n) is 3.85. The van der Waals surface area contributed by atoms with Gasteiger partial charge in [0.15, 0.2) is 5.58 Å². The predicted molar refractivity (Wildman–Crippen MR) is 71.1 cm³/mol. The van der Waals surface area contributed by atoms with Crippen LogP contribution in [0.3, 0.4) is 0 Å². The third-order valence-electron chi connectivity index (χ3n) is 2.56. The zero-order valence-corrected chi connectivity index (χ0v) is 11.4. The Morgan fingerprint density at radius 1 is 1.24 bits per heavy atom. The highest BCUT2D eigenvalue weighted by molar-refractivity contribution is 6.47. The first-order valence-corrected chi connectivity index (χ1v) is 6.43. The zero-order valence-electron chi connectivity index (χ0n) is 9.14. The molecule has 1 N–H and O–H groups in total. The molecule has 0 saturated heterocycles. The van der Waals surface area contributed by atoms with E-state index in [0.717, 1.165) is 6.42 Å². The van der Waals surface area contributed by atoms with Crippen LogP contribution >= 0.6 is 34.8 Å². The number of aliphatic hydroxyl groups excluding tert-OH is 1. The maximum absolute atomic E-state index is 9.86. The van der Waals surface area contributed by atoms with Gasteiger partial charge in [0.2, 0.25) is 0 Å².